The number of phosphoric acid groups is 2. The van der Waals surface area contributed by atoms with Crippen LogP contribution < -0.4 is 16.8 Å². The van der Waals surface area contributed by atoms with E-state index in [0.29, 0.717) is 0 Å². The van der Waals surface area contributed by atoms with Gasteiger partial charge in [-0.1, -0.05) is 0 Å². The molecular formula is C11H22N4O11P2. The lowest BCUT2D eigenvalue weighted by Gasteiger charge is -2.37. The van der Waals surface area contributed by atoms with Crippen molar-refractivity contribution >= 4 is 21.7 Å². The second-order valence-electron chi connectivity index (χ2n) is 6.12. The van der Waals surface area contributed by atoms with E-state index in [9.17, 15) is 29.0 Å². The highest BCUT2D eigenvalue weighted by atomic mass is 31.3. The summed E-state index contributed by atoms with van der Waals surface area (Å²) >= 11 is 0. The van der Waals surface area contributed by atoms with Crippen molar-refractivity contribution in [2.24, 2.45) is 11.5 Å². The van der Waals surface area contributed by atoms with Crippen LogP contribution >= 0.6 is 15.6 Å². The van der Waals surface area contributed by atoms with Gasteiger partial charge in [0.25, 0.3) is 0 Å². The van der Waals surface area contributed by atoms with E-state index in [2.05, 4.69) is 14.2 Å². The number of hydrogen-bond acceptors (Lipinski definition) is 10. The van der Waals surface area contributed by atoms with Crippen molar-refractivity contribution in [2.45, 2.75) is 36.6 Å². The molecule has 162 valence electrons. The lowest BCUT2D eigenvalue weighted by atomic mass is 10.1. The Kier molecular flexibility index (Phi) is 7.04. The van der Waals surface area contributed by atoms with Crippen LogP contribution in [0.2, 0.25) is 0 Å². The first-order valence-corrected chi connectivity index (χ1v) is 10.8. The molecule has 0 aliphatic carbocycles. The number of nitrogens with one attached hydrogen (secondary N) is 1. The molecule has 0 aromatic rings. The zero-order chi connectivity index (χ0) is 21.3. The predicted molar refractivity (Wildman–Crippen MR) is 89.7 cm³/mol. The SMILES string of the molecule is NCCC1(N)C=CN([C@@H]2O[C@H](COP(=O)(O)OP(=O)(O)O)[C@@H](O)[C@H]2O)C(=O)N1. The fourth-order valence-corrected chi connectivity index (χ4v) is 4.19. The second-order valence-corrected chi connectivity index (χ2v) is 8.94. The molecule has 17 heteroatoms. The Morgan fingerprint density at radius 3 is 2.46 bits per heavy atom. The van der Waals surface area contributed by atoms with E-state index >= 15 is 0 Å². The first-order valence-electron chi connectivity index (χ1n) is 7.81. The minimum Gasteiger partial charge on any atom is -0.387 e. The fourth-order valence-electron chi connectivity index (χ4n) is 2.59. The molecule has 2 rings (SSSR count). The first-order chi connectivity index (χ1) is 12.8. The third-order valence-electron chi connectivity index (χ3n) is 3.89. The third kappa shape index (κ3) is 5.79. The number of carbonyl (C=O) groups is 1. The Bertz CT molecular complexity index is 717. The summed E-state index contributed by atoms with van der Waals surface area (Å²) in [6.45, 7) is -0.685. The maximum absolute atomic E-state index is 12.3. The largest absolute Gasteiger partial charge is 0.481 e. The van der Waals surface area contributed by atoms with Gasteiger partial charge in [-0.3, -0.25) is 9.42 Å². The minimum atomic E-state index is -5.32. The fraction of sp³-hybridized carbons (Fsp3) is 0.727. The van der Waals surface area contributed by atoms with Crippen LogP contribution in [0.4, 0.5) is 4.79 Å². The average Bonchev–Trinajstić information content (AvgIpc) is 2.79. The number of amides is 2. The highest BCUT2D eigenvalue weighted by molar-refractivity contribution is 7.60. The zero-order valence-corrected chi connectivity index (χ0v) is 16.1. The number of aliphatic hydroxyl groups excluding tert-OH is 2. The predicted octanol–water partition coefficient (Wildman–Crippen LogP) is -2.80. The molecule has 0 radical (unpaired) electrons. The Labute approximate surface area is 158 Å². The summed E-state index contributed by atoms with van der Waals surface area (Å²) in [6, 6.07) is -0.756. The van der Waals surface area contributed by atoms with Gasteiger partial charge in [0, 0.05) is 6.20 Å². The number of aliphatic hydroxyl groups is 2. The van der Waals surface area contributed by atoms with E-state index in [4.69, 9.17) is 26.0 Å². The van der Waals surface area contributed by atoms with Crippen molar-refractivity contribution in [3.8, 4) is 0 Å². The molecule has 10 N–H and O–H groups in total. The van der Waals surface area contributed by atoms with Crippen LogP contribution in [-0.4, -0.2) is 79.2 Å². The minimum absolute atomic E-state index is 0.194. The van der Waals surface area contributed by atoms with E-state index in [1.165, 1.54) is 12.3 Å². The molecule has 0 saturated carbocycles. The number of urea groups is 1. The topological polar surface area (TPSA) is 247 Å². The molecule has 15 nitrogen and oxygen atoms in total. The van der Waals surface area contributed by atoms with E-state index in [-0.39, 0.29) is 13.0 Å². The Morgan fingerprint density at radius 1 is 1.29 bits per heavy atom. The lowest BCUT2D eigenvalue weighted by Crippen LogP contribution is -2.63. The van der Waals surface area contributed by atoms with Crippen LogP contribution in [0.5, 0.6) is 0 Å². The summed E-state index contributed by atoms with van der Waals surface area (Å²) < 4.78 is 35.3. The van der Waals surface area contributed by atoms with Crippen molar-refractivity contribution in [3.05, 3.63) is 12.3 Å². The highest BCUT2D eigenvalue weighted by Crippen LogP contribution is 2.57. The van der Waals surface area contributed by atoms with Gasteiger partial charge in [0.15, 0.2) is 6.23 Å². The van der Waals surface area contributed by atoms with Gasteiger partial charge in [-0.15, -0.1) is 0 Å². The van der Waals surface area contributed by atoms with Crippen LogP contribution in [0.25, 0.3) is 0 Å². The van der Waals surface area contributed by atoms with Gasteiger partial charge in [-0.25, -0.2) is 13.9 Å². The van der Waals surface area contributed by atoms with Crippen molar-refractivity contribution in [2.75, 3.05) is 13.2 Å². The normalized spacial score (nSPS) is 35.7. The zero-order valence-electron chi connectivity index (χ0n) is 14.3. The van der Waals surface area contributed by atoms with Crippen molar-refractivity contribution in [1.82, 2.24) is 10.2 Å². The average molecular weight is 448 g/mol. The van der Waals surface area contributed by atoms with Gasteiger partial charge in [0.1, 0.15) is 24.0 Å². The molecule has 2 amide bonds. The van der Waals surface area contributed by atoms with E-state index in [1.807, 2.05) is 0 Å². The van der Waals surface area contributed by atoms with Crippen LogP contribution in [-0.2, 0) is 22.7 Å². The summed E-state index contributed by atoms with van der Waals surface area (Å²) in [5.41, 5.74) is 10.1. The van der Waals surface area contributed by atoms with Crippen LogP contribution in [0.1, 0.15) is 6.42 Å². The van der Waals surface area contributed by atoms with Crippen LogP contribution in [0.15, 0.2) is 12.3 Å². The molecule has 2 heterocycles. The monoisotopic (exact) mass is 448 g/mol. The molecule has 28 heavy (non-hydrogen) atoms. The van der Waals surface area contributed by atoms with Crippen LogP contribution in [0.3, 0.4) is 0 Å². The van der Waals surface area contributed by atoms with Gasteiger partial charge < -0.3 is 46.4 Å². The van der Waals surface area contributed by atoms with Crippen LogP contribution in [0, 0.1) is 0 Å². The van der Waals surface area contributed by atoms with E-state index in [0.717, 1.165) is 4.90 Å². The smallest absolute Gasteiger partial charge is 0.387 e. The molecule has 0 aromatic heterocycles. The summed E-state index contributed by atoms with van der Waals surface area (Å²) in [6.07, 6.45) is -3.24. The number of ether oxygens (including phenoxy) is 1. The molecule has 6 atom stereocenters. The Morgan fingerprint density at radius 2 is 1.93 bits per heavy atom. The molecule has 0 spiro atoms. The third-order valence-corrected chi connectivity index (χ3v) is 6.04. The van der Waals surface area contributed by atoms with Crippen molar-refractivity contribution in [3.63, 3.8) is 0 Å². The summed E-state index contributed by atoms with van der Waals surface area (Å²) in [5.74, 6) is 0. The number of phosphoric ester groups is 1. The number of rotatable bonds is 8. The standard InChI is InChI=1S/C11H22N4O11P2/c12-3-1-11(13)2-4-15(10(18)14-11)9-8(17)7(16)6(25-9)5-24-28(22,23)26-27(19,20)21/h2,4,6-9,16-17H,1,3,5,12-13H2,(H,14,18)(H,22,23)(H2,19,20,21)/t6-,7-,8-,9-,11?/m1/s1. The second kappa shape index (κ2) is 8.44. The maximum atomic E-state index is 12.3. The van der Waals surface area contributed by atoms with Gasteiger partial charge in [-0.05, 0) is 19.0 Å². The molecule has 2 aliphatic rings. The van der Waals surface area contributed by atoms with Gasteiger partial charge in [0.05, 0.1) is 6.61 Å². The van der Waals surface area contributed by atoms with E-state index < -0.39 is 58.5 Å². The summed E-state index contributed by atoms with van der Waals surface area (Å²) in [5, 5.41) is 22.6. The Balaban J connectivity index is 2.03. The van der Waals surface area contributed by atoms with Crippen molar-refractivity contribution in [1.29, 1.82) is 0 Å². The first kappa shape index (κ1) is 23.3. The molecule has 0 bridgehead atoms. The highest BCUT2D eigenvalue weighted by Gasteiger charge is 2.49. The summed E-state index contributed by atoms with van der Waals surface area (Å²) in [7, 11) is -10.5. The summed E-state index contributed by atoms with van der Waals surface area (Å²) in [4.78, 5) is 39.5. The molecule has 0 aromatic carbocycles. The van der Waals surface area contributed by atoms with Gasteiger partial charge in [0.2, 0.25) is 0 Å². The lowest BCUT2D eigenvalue weighted by molar-refractivity contribution is -0.0662. The maximum Gasteiger partial charge on any atom is 0.481 e. The number of nitrogens with zero attached hydrogens (tertiary/aromatic N) is 1. The molecule has 2 aliphatic heterocycles. The van der Waals surface area contributed by atoms with Crippen molar-refractivity contribution < 1.29 is 52.4 Å². The molecule has 2 unspecified atom stereocenters. The number of carbonyl (C=O) groups excluding carboxylic acids is 1. The molecule has 1 fully saturated rings. The molecule has 1 saturated heterocycles. The number of hydrogen-bond donors (Lipinski definition) is 8. The number of nitrogens with two attached hydrogens (primary N) is 2. The van der Waals surface area contributed by atoms with E-state index in [1.54, 1.807) is 0 Å². The molecular weight excluding hydrogens is 426 g/mol. The van der Waals surface area contributed by atoms with Gasteiger partial charge >= 0.3 is 21.7 Å². The quantitative estimate of drug-likeness (QED) is 0.175. The van der Waals surface area contributed by atoms with Gasteiger partial charge in [-0.2, -0.15) is 4.31 Å². The Hall–Kier alpha value is -0.930.